The van der Waals surface area contributed by atoms with E-state index in [4.69, 9.17) is 0 Å². The highest BCUT2D eigenvalue weighted by molar-refractivity contribution is 7.14. The summed E-state index contributed by atoms with van der Waals surface area (Å²) in [5, 5.41) is 8.48. The number of rotatable bonds is 6. The minimum atomic E-state index is -0.383. The molecule has 1 unspecified atom stereocenters. The molecule has 1 aliphatic rings. The average Bonchev–Trinajstić information content (AvgIpc) is 3.29. The van der Waals surface area contributed by atoms with Crippen molar-refractivity contribution >= 4 is 34.0 Å². The second kappa shape index (κ2) is 8.11. The Bertz CT molecular complexity index is 732. The molecule has 2 N–H and O–H groups in total. The van der Waals surface area contributed by atoms with Gasteiger partial charge in [0.15, 0.2) is 5.13 Å². The monoisotopic (exact) mass is 358 g/mol. The number of benzene rings is 1. The van der Waals surface area contributed by atoms with E-state index in [1.165, 1.54) is 11.3 Å². The number of nitrogens with one attached hydrogen (secondary N) is 2. The molecule has 2 aromatic rings. The Kier molecular flexibility index (Phi) is 5.65. The van der Waals surface area contributed by atoms with Crippen LogP contribution in [0.2, 0.25) is 0 Å². The number of nitrogens with zero attached hydrogens (tertiary/aromatic N) is 2. The first-order chi connectivity index (χ1) is 12.2. The zero-order valence-electron chi connectivity index (χ0n) is 14.2. The van der Waals surface area contributed by atoms with Gasteiger partial charge >= 0.3 is 0 Å². The van der Waals surface area contributed by atoms with Crippen LogP contribution in [0, 0.1) is 0 Å². The highest BCUT2D eigenvalue weighted by Crippen LogP contribution is 2.24. The summed E-state index contributed by atoms with van der Waals surface area (Å²) in [5.74, 6) is -0.239. The zero-order valence-corrected chi connectivity index (χ0v) is 15.0. The number of hydrogen-bond donors (Lipinski definition) is 2. The van der Waals surface area contributed by atoms with Crippen LogP contribution < -0.4 is 10.6 Å². The van der Waals surface area contributed by atoms with Gasteiger partial charge in [-0.15, -0.1) is 11.3 Å². The van der Waals surface area contributed by atoms with Gasteiger partial charge in [-0.3, -0.25) is 9.59 Å². The van der Waals surface area contributed by atoms with Gasteiger partial charge in [-0.2, -0.15) is 0 Å². The van der Waals surface area contributed by atoms with Gasteiger partial charge in [-0.05, 0) is 31.4 Å². The van der Waals surface area contributed by atoms with Gasteiger partial charge in [0.25, 0.3) is 5.91 Å². The summed E-state index contributed by atoms with van der Waals surface area (Å²) in [6.07, 6.45) is 2.43. The van der Waals surface area contributed by atoms with Crippen molar-refractivity contribution in [2.45, 2.75) is 32.2 Å². The molecule has 0 aliphatic carbocycles. The predicted molar refractivity (Wildman–Crippen MR) is 99.2 cm³/mol. The molecule has 1 aromatic carbocycles. The van der Waals surface area contributed by atoms with Crippen LogP contribution in [-0.2, 0) is 4.79 Å². The lowest BCUT2D eigenvalue weighted by Gasteiger charge is -2.23. The molecule has 2 amide bonds. The Hall–Kier alpha value is -2.41. The van der Waals surface area contributed by atoms with Gasteiger partial charge in [-0.25, -0.2) is 4.98 Å². The van der Waals surface area contributed by atoms with Gasteiger partial charge in [0.05, 0.1) is 0 Å². The molecule has 0 radical (unpaired) electrons. The predicted octanol–water partition coefficient (Wildman–Crippen LogP) is 3.02. The van der Waals surface area contributed by atoms with E-state index in [-0.39, 0.29) is 17.9 Å². The van der Waals surface area contributed by atoms with Crippen LogP contribution in [0.5, 0.6) is 0 Å². The standard InChI is InChI=1S/C18H22N4O2S/c1-2-10-19-16(23)15-9-6-11-22(15)17(24)14-12-25-18(21-14)20-13-7-4-3-5-8-13/h3-5,7-8,12,15H,2,6,9-11H2,1H3,(H,19,23)(H,20,21). The third kappa shape index (κ3) is 4.17. The topological polar surface area (TPSA) is 74.3 Å². The van der Waals surface area contributed by atoms with Crippen molar-refractivity contribution < 1.29 is 9.59 Å². The minimum Gasteiger partial charge on any atom is -0.354 e. The molecule has 0 saturated carbocycles. The Labute approximate surface area is 151 Å². The fourth-order valence-electron chi connectivity index (χ4n) is 2.87. The van der Waals surface area contributed by atoms with Gasteiger partial charge < -0.3 is 15.5 Å². The van der Waals surface area contributed by atoms with E-state index in [0.29, 0.717) is 30.3 Å². The third-order valence-corrected chi connectivity index (χ3v) is 4.87. The maximum Gasteiger partial charge on any atom is 0.274 e. The van der Waals surface area contributed by atoms with Crippen molar-refractivity contribution in [3.63, 3.8) is 0 Å². The largest absolute Gasteiger partial charge is 0.354 e. The first-order valence-corrected chi connectivity index (χ1v) is 9.43. The van der Waals surface area contributed by atoms with Crippen LogP contribution in [0.4, 0.5) is 10.8 Å². The molecule has 0 spiro atoms. The summed E-state index contributed by atoms with van der Waals surface area (Å²) < 4.78 is 0. The van der Waals surface area contributed by atoms with E-state index in [9.17, 15) is 9.59 Å². The van der Waals surface area contributed by atoms with E-state index in [1.54, 1.807) is 10.3 Å². The van der Waals surface area contributed by atoms with Gasteiger partial charge in [0.2, 0.25) is 5.91 Å². The highest BCUT2D eigenvalue weighted by atomic mass is 32.1. The number of carbonyl (C=O) groups is 2. The molecule has 6 nitrogen and oxygen atoms in total. The number of thiazole rings is 1. The quantitative estimate of drug-likeness (QED) is 0.832. The maximum atomic E-state index is 12.8. The Morgan fingerprint density at radius 3 is 2.88 bits per heavy atom. The van der Waals surface area contributed by atoms with Crippen LogP contribution in [0.3, 0.4) is 0 Å². The molecule has 3 rings (SSSR count). The van der Waals surface area contributed by atoms with Crippen LogP contribution in [0.25, 0.3) is 0 Å². The number of anilines is 2. The number of hydrogen-bond acceptors (Lipinski definition) is 5. The second-order valence-electron chi connectivity index (χ2n) is 5.98. The van der Waals surface area contributed by atoms with E-state index in [2.05, 4.69) is 15.6 Å². The SMILES string of the molecule is CCCNC(=O)C1CCCN1C(=O)c1csc(Nc2ccccc2)n1. The molecular formula is C18H22N4O2S. The molecule has 1 saturated heterocycles. The van der Waals surface area contributed by atoms with Gasteiger partial charge in [0, 0.05) is 24.2 Å². The third-order valence-electron chi connectivity index (χ3n) is 4.11. The van der Waals surface area contributed by atoms with E-state index in [1.807, 2.05) is 37.3 Å². The molecule has 132 valence electrons. The summed E-state index contributed by atoms with van der Waals surface area (Å²) in [4.78, 5) is 31.1. The summed E-state index contributed by atoms with van der Waals surface area (Å²) in [7, 11) is 0. The molecule has 1 aromatic heterocycles. The molecule has 7 heteroatoms. The number of amides is 2. The fourth-order valence-corrected chi connectivity index (χ4v) is 3.57. The van der Waals surface area contributed by atoms with E-state index in [0.717, 1.165) is 18.5 Å². The van der Waals surface area contributed by atoms with Crippen molar-refractivity contribution in [1.29, 1.82) is 0 Å². The van der Waals surface area contributed by atoms with Crippen molar-refractivity contribution in [2.75, 3.05) is 18.4 Å². The average molecular weight is 358 g/mol. The van der Waals surface area contributed by atoms with Crippen LogP contribution in [0.1, 0.15) is 36.7 Å². The molecule has 1 fully saturated rings. The molecule has 1 atom stereocenters. The fraction of sp³-hybridized carbons (Fsp3) is 0.389. The van der Waals surface area contributed by atoms with Crippen LogP contribution in [0.15, 0.2) is 35.7 Å². The lowest BCUT2D eigenvalue weighted by molar-refractivity contribution is -0.124. The summed E-state index contributed by atoms with van der Waals surface area (Å²) in [5.41, 5.74) is 1.31. The van der Waals surface area contributed by atoms with Crippen LogP contribution in [-0.4, -0.2) is 40.8 Å². The molecular weight excluding hydrogens is 336 g/mol. The van der Waals surface area contributed by atoms with Gasteiger partial charge in [-0.1, -0.05) is 25.1 Å². The normalized spacial score (nSPS) is 16.7. The minimum absolute atomic E-state index is 0.0643. The maximum absolute atomic E-state index is 12.8. The molecule has 0 bridgehead atoms. The van der Waals surface area contributed by atoms with Crippen molar-refractivity contribution in [3.8, 4) is 0 Å². The summed E-state index contributed by atoms with van der Waals surface area (Å²) in [6.45, 7) is 3.25. The summed E-state index contributed by atoms with van der Waals surface area (Å²) in [6, 6.07) is 9.32. The lowest BCUT2D eigenvalue weighted by atomic mass is 10.2. The molecule has 1 aliphatic heterocycles. The number of aromatic nitrogens is 1. The second-order valence-corrected chi connectivity index (χ2v) is 6.83. The van der Waals surface area contributed by atoms with Crippen molar-refractivity contribution in [1.82, 2.24) is 15.2 Å². The number of carbonyl (C=O) groups excluding carboxylic acids is 2. The first-order valence-electron chi connectivity index (χ1n) is 8.55. The Balaban J connectivity index is 1.67. The lowest BCUT2D eigenvalue weighted by Crippen LogP contribution is -2.46. The number of likely N-dealkylation sites (tertiary alicyclic amines) is 1. The molecule has 25 heavy (non-hydrogen) atoms. The zero-order chi connectivity index (χ0) is 17.6. The smallest absolute Gasteiger partial charge is 0.274 e. The first kappa shape index (κ1) is 17.4. The Morgan fingerprint density at radius 2 is 2.12 bits per heavy atom. The highest BCUT2D eigenvalue weighted by Gasteiger charge is 2.35. The van der Waals surface area contributed by atoms with E-state index >= 15 is 0 Å². The van der Waals surface area contributed by atoms with E-state index < -0.39 is 0 Å². The molecule has 2 heterocycles. The van der Waals surface area contributed by atoms with Gasteiger partial charge in [0.1, 0.15) is 11.7 Å². The van der Waals surface area contributed by atoms with Crippen molar-refractivity contribution in [3.05, 3.63) is 41.4 Å². The Morgan fingerprint density at radius 1 is 1.32 bits per heavy atom. The van der Waals surface area contributed by atoms with Crippen LogP contribution >= 0.6 is 11.3 Å². The summed E-state index contributed by atoms with van der Waals surface area (Å²) >= 11 is 1.38. The van der Waals surface area contributed by atoms with Crippen molar-refractivity contribution in [2.24, 2.45) is 0 Å². The number of para-hydroxylation sites is 1.